The van der Waals surface area contributed by atoms with Gasteiger partial charge in [-0.3, -0.25) is 4.79 Å². The number of nitrogens with zero attached hydrogens (tertiary/aromatic N) is 2. The largest absolute Gasteiger partial charge is 0.370 e. The molecule has 0 amide bonds. The number of pyridine rings is 2. The van der Waals surface area contributed by atoms with Gasteiger partial charge in [-0.25, -0.2) is 4.98 Å². The molecule has 0 saturated carbocycles. The average Bonchev–Trinajstić information content (AvgIpc) is 2.38. The summed E-state index contributed by atoms with van der Waals surface area (Å²) in [4.78, 5) is 16.4. The summed E-state index contributed by atoms with van der Waals surface area (Å²) in [7, 11) is 0. The first-order valence-electron chi connectivity index (χ1n) is 6.16. The molecule has 0 saturated heterocycles. The molecule has 100 valence electrons. The van der Waals surface area contributed by atoms with Gasteiger partial charge in [-0.15, -0.1) is 0 Å². The molecular formula is C14H16BrN3O. The number of nitrogens with one attached hydrogen (secondary N) is 1. The van der Waals surface area contributed by atoms with Crippen molar-refractivity contribution in [3.05, 3.63) is 56.5 Å². The molecule has 4 nitrogen and oxygen atoms in total. The quantitative estimate of drug-likeness (QED) is 0.941. The van der Waals surface area contributed by atoms with Crippen LogP contribution in [0.1, 0.15) is 18.1 Å². The van der Waals surface area contributed by atoms with Gasteiger partial charge in [0.15, 0.2) is 0 Å². The Balaban J connectivity index is 2.39. The molecule has 0 unspecified atom stereocenters. The van der Waals surface area contributed by atoms with E-state index >= 15 is 0 Å². The molecular weight excluding hydrogens is 306 g/mol. The van der Waals surface area contributed by atoms with E-state index in [4.69, 9.17) is 0 Å². The molecule has 5 heteroatoms. The minimum absolute atomic E-state index is 0.0227. The minimum atomic E-state index is 0.0227. The van der Waals surface area contributed by atoms with Crippen molar-refractivity contribution in [1.29, 1.82) is 0 Å². The van der Waals surface area contributed by atoms with E-state index in [0.29, 0.717) is 6.54 Å². The fourth-order valence-corrected chi connectivity index (χ4v) is 2.52. The maximum absolute atomic E-state index is 12.1. The lowest BCUT2D eigenvalue weighted by Gasteiger charge is -2.12. The summed E-state index contributed by atoms with van der Waals surface area (Å²) in [5.41, 5.74) is 1.75. The first kappa shape index (κ1) is 13.8. The lowest BCUT2D eigenvalue weighted by atomic mass is 10.2. The standard InChI is InChI=1S/C14H16BrN3O/c1-3-16-13-11(5-4-6-17-13)8-18-9-12(15)7-10(2)14(18)19/h4-7,9H,3,8H2,1-2H3,(H,16,17). The van der Waals surface area contributed by atoms with Crippen LogP contribution in [0.5, 0.6) is 0 Å². The Kier molecular flexibility index (Phi) is 4.37. The summed E-state index contributed by atoms with van der Waals surface area (Å²) in [5, 5.41) is 3.21. The molecule has 0 fully saturated rings. The number of hydrogen-bond donors (Lipinski definition) is 1. The van der Waals surface area contributed by atoms with Crippen LogP contribution in [0.15, 0.2) is 39.9 Å². The van der Waals surface area contributed by atoms with Gasteiger partial charge in [-0.2, -0.15) is 0 Å². The smallest absolute Gasteiger partial charge is 0.253 e. The third-order valence-corrected chi connectivity index (χ3v) is 3.24. The van der Waals surface area contributed by atoms with E-state index in [0.717, 1.165) is 28.0 Å². The molecule has 0 atom stereocenters. The van der Waals surface area contributed by atoms with Crippen LogP contribution in [-0.4, -0.2) is 16.1 Å². The molecule has 2 aromatic heterocycles. The van der Waals surface area contributed by atoms with E-state index in [1.807, 2.05) is 32.0 Å². The number of halogens is 1. The molecule has 2 heterocycles. The van der Waals surface area contributed by atoms with Crippen molar-refractivity contribution in [2.24, 2.45) is 0 Å². The SMILES string of the molecule is CCNc1ncccc1Cn1cc(Br)cc(C)c1=O. The van der Waals surface area contributed by atoms with Crippen LogP contribution in [0.2, 0.25) is 0 Å². The highest BCUT2D eigenvalue weighted by Gasteiger charge is 2.06. The second-order valence-corrected chi connectivity index (χ2v) is 5.23. The van der Waals surface area contributed by atoms with Crippen molar-refractivity contribution in [3.8, 4) is 0 Å². The average molecular weight is 322 g/mol. The number of aryl methyl sites for hydroxylation is 1. The van der Waals surface area contributed by atoms with Gasteiger partial charge in [0.25, 0.3) is 5.56 Å². The number of anilines is 1. The zero-order chi connectivity index (χ0) is 13.8. The van der Waals surface area contributed by atoms with Crippen molar-refractivity contribution in [3.63, 3.8) is 0 Å². The highest BCUT2D eigenvalue weighted by atomic mass is 79.9. The Hall–Kier alpha value is -1.62. The predicted molar refractivity (Wildman–Crippen MR) is 80.6 cm³/mol. The first-order valence-corrected chi connectivity index (χ1v) is 6.95. The molecule has 0 aliphatic heterocycles. The lowest BCUT2D eigenvalue weighted by molar-refractivity contribution is 0.747. The molecule has 2 aromatic rings. The Morgan fingerprint density at radius 3 is 3.00 bits per heavy atom. The molecule has 19 heavy (non-hydrogen) atoms. The molecule has 1 N–H and O–H groups in total. The Bertz CT molecular complexity index is 637. The second kappa shape index (κ2) is 6.02. The molecule has 0 spiro atoms. The van der Waals surface area contributed by atoms with Crippen molar-refractivity contribution >= 4 is 21.7 Å². The maximum atomic E-state index is 12.1. The van der Waals surface area contributed by atoms with E-state index < -0.39 is 0 Å². The summed E-state index contributed by atoms with van der Waals surface area (Å²) < 4.78 is 2.59. The normalized spacial score (nSPS) is 10.5. The van der Waals surface area contributed by atoms with Crippen molar-refractivity contribution in [1.82, 2.24) is 9.55 Å². The van der Waals surface area contributed by atoms with Crippen LogP contribution < -0.4 is 10.9 Å². The minimum Gasteiger partial charge on any atom is -0.370 e. The van der Waals surface area contributed by atoms with E-state index in [1.165, 1.54) is 0 Å². The van der Waals surface area contributed by atoms with Crippen molar-refractivity contribution in [2.75, 3.05) is 11.9 Å². The number of hydrogen-bond acceptors (Lipinski definition) is 3. The van der Waals surface area contributed by atoms with E-state index in [9.17, 15) is 4.79 Å². The maximum Gasteiger partial charge on any atom is 0.253 e. The molecule has 2 rings (SSSR count). The van der Waals surface area contributed by atoms with Gasteiger partial charge in [0, 0.05) is 34.5 Å². The van der Waals surface area contributed by atoms with Crippen LogP contribution in [-0.2, 0) is 6.54 Å². The first-order chi connectivity index (χ1) is 9.11. The van der Waals surface area contributed by atoms with Gasteiger partial charge >= 0.3 is 0 Å². The van der Waals surface area contributed by atoms with Gasteiger partial charge < -0.3 is 9.88 Å². The Morgan fingerprint density at radius 1 is 1.47 bits per heavy atom. The summed E-state index contributed by atoms with van der Waals surface area (Å²) in [6.07, 6.45) is 3.55. The van der Waals surface area contributed by atoms with Crippen LogP contribution >= 0.6 is 15.9 Å². The van der Waals surface area contributed by atoms with Crippen molar-refractivity contribution in [2.45, 2.75) is 20.4 Å². The third kappa shape index (κ3) is 3.23. The predicted octanol–water partition coefficient (Wildman–Crippen LogP) is 2.79. The highest BCUT2D eigenvalue weighted by Crippen LogP contribution is 2.14. The highest BCUT2D eigenvalue weighted by molar-refractivity contribution is 9.10. The van der Waals surface area contributed by atoms with Crippen molar-refractivity contribution < 1.29 is 0 Å². The fourth-order valence-electron chi connectivity index (χ4n) is 1.93. The number of aromatic nitrogens is 2. The van der Waals surface area contributed by atoms with E-state index in [2.05, 4.69) is 26.2 Å². The summed E-state index contributed by atoms with van der Waals surface area (Å²) in [5.74, 6) is 0.828. The van der Waals surface area contributed by atoms with E-state index in [-0.39, 0.29) is 5.56 Å². The molecule has 0 aliphatic carbocycles. The van der Waals surface area contributed by atoms with Crippen LogP contribution in [0.3, 0.4) is 0 Å². The number of rotatable bonds is 4. The van der Waals surface area contributed by atoms with Gasteiger partial charge in [0.2, 0.25) is 0 Å². The van der Waals surface area contributed by atoms with Crippen LogP contribution in [0.25, 0.3) is 0 Å². The van der Waals surface area contributed by atoms with Gasteiger partial charge in [0.05, 0.1) is 6.54 Å². The van der Waals surface area contributed by atoms with Crippen LogP contribution in [0, 0.1) is 6.92 Å². The monoisotopic (exact) mass is 321 g/mol. The van der Waals surface area contributed by atoms with E-state index in [1.54, 1.807) is 17.0 Å². The van der Waals surface area contributed by atoms with Gasteiger partial charge in [0.1, 0.15) is 5.82 Å². The zero-order valence-corrected chi connectivity index (χ0v) is 12.6. The van der Waals surface area contributed by atoms with Gasteiger partial charge in [-0.05, 0) is 41.9 Å². The summed E-state index contributed by atoms with van der Waals surface area (Å²) in [6.45, 7) is 5.15. The fraction of sp³-hybridized carbons (Fsp3) is 0.286. The van der Waals surface area contributed by atoms with Crippen LogP contribution in [0.4, 0.5) is 5.82 Å². The summed E-state index contributed by atoms with van der Waals surface area (Å²) in [6, 6.07) is 5.69. The molecule has 0 radical (unpaired) electrons. The molecule has 0 aromatic carbocycles. The molecule has 0 bridgehead atoms. The van der Waals surface area contributed by atoms with Gasteiger partial charge in [-0.1, -0.05) is 6.07 Å². The molecule has 0 aliphatic rings. The lowest BCUT2D eigenvalue weighted by Crippen LogP contribution is -2.22. The third-order valence-electron chi connectivity index (χ3n) is 2.81. The zero-order valence-electron chi connectivity index (χ0n) is 11.0. The second-order valence-electron chi connectivity index (χ2n) is 4.32. The Labute approximate surface area is 120 Å². The summed E-state index contributed by atoms with van der Waals surface area (Å²) >= 11 is 3.42. The Morgan fingerprint density at radius 2 is 2.26 bits per heavy atom. The topological polar surface area (TPSA) is 46.9 Å².